The first-order chi connectivity index (χ1) is 17.8. The average molecular weight is 524 g/mol. The molecule has 3 unspecified atom stereocenters. The Morgan fingerprint density at radius 3 is 2.38 bits per heavy atom. The van der Waals surface area contributed by atoms with Gasteiger partial charge < -0.3 is 20.1 Å². The molecule has 2 aliphatic carbocycles. The molecule has 0 saturated heterocycles. The third kappa shape index (κ3) is 5.09. The van der Waals surface area contributed by atoms with Crippen molar-refractivity contribution in [2.45, 2.75) is 45.2 Å². The number of ether oxygens (including phenoxy) is 2. The van der Waals surface area contributed by atoms with Gasteiger partial charge in [0, 0.05) is 28.9 Å². The fraction of sp³-hybridized carbons (Fsp3) is 0.321. The maximum absolute atomic E-state index is 13.6. The second-order valence-electron chi connectivity index (χ2n) is 8.69. The molecule has 3 atom stereocenters. The van der Waals surface area contributed by atoms with Crippen LogP contribution < -0.4 is 10.6 Å². The molecule has 7 nitrogen and oxygen atoms in total. The van der Waals surface area contributed by atoms with Crippen molar-refractivity contribution in [2.24, 2.45) is 0 Å². The summed E-state index contributed by atoms with van der Waals surface area (Å²) in [6.07, 6.45) is 1.67. The fourth-order valence-electron chi connectivity index (χ4n) is 4.80. The number of hydrogen-bond acceptors (Lipinski definition) is 8. The van der Waals surface area contributed by atoms with Crippen molar-refractivity contribution in [3.8, 4) is 11.1 Å². The van der Waals surface area contributed by atoms with Crippen LogP contribution in [0, 0.1) is 5.82 Å². The van der Waals surface area contributed by atoms with E-state index in [1.807, 2.05) is 55.6 Å². The molecule has 0 bridgehead atoms. The highest BCUT2D eigenvalue weighted by atomic mass is 32.1. The normalized spacial score (nSPS) is 21.2. The Kier molecular flexibility index (Phi) is 7.92. The first-order valence-electron chi connectivity index (χ1n) is 12.2. The van der Waals surface area contributed by atoms with E-state index in [1.165, 1.54) is 17.4 Å². The molecule has 2 heterocycles. The van der Waals surface area contributed by atoms with Crippen molar-refractivity contribution in [3.05, 3.63) is 82.8 Å². The summed E-state index contributed by atoms with van der Waals surface area (Å²) in [4.78, 5) is 31.0. The SMILES string of the molecule is CCOC(=O)C1=C(C)NC(C)C(C(=O)OCC)(c2ccccc2)C1Nc1nccs1.Fc1ccc2cc1-2. The summed E-state index contributed by atoms with van der Waals surface area (Å²) < 4.78 is 23.0. The predicted molar refractivity (Wildman–Crippen MR) is 142 cm³/mol. The Morgan fingerprint density at radius 1 is 1.14 bits per heavy atom. The third-order valence-corrected chi connectivity index (χ3v) is 7.22. The van der Waals surface area contributed by atoms with Gasteiger partial charge in [-0.2, -0.15) is 0 Å². The molecule has 9 heteroatoms. The number of nitrogens with one attached hydrogen (secondary N) is 2. The topological polar surface area (TPSA) is 89.5 Å². The highest BCUT2D eigenvalue weighted by Gasteiger charge is 2.58. The van der Waals surface area contributed by atoms with Crippen LogP contribution in [0.25, 0.3) is 11.1 Å². The van der Waals surface area contributed by atoms with E-state index < -0.39 is 23.4 Å². The molecule has 2 N–H and O–H groups in total. The van der Waals surface area contributed by atoms with Gasteiger partial charge in [-0.05, 0) is 51.0 Å². The van der Waals surface area contributed by atoms with Crippen LogP contribution in [-0.4, -0.2) is 42.2 Å². The number of carbonyl (C=O) groups excluding carboxylic acids is 2. The lowest BCUT2D eigenvalue weighted by Gasteiger charge is -2.48. The molecule has 1 aromatic heterocycles. The van der Waals surface area contributed by atoms with Gasteiger partial charge in [0.15, 0.2) is 5.13 Å². The maximum Gasteiger partial charge on any atom is 0.337 e. The number of hydrogen-bond donors (Lipinski definition) is 2. The first kappa shape index (κ1) is 26.3. The molecule has 2 aromatic rings. The molecule has 0 saturated carbocycles. The van der Waals surface area contributed by atoms with Crippen molar-refractivity contribution in [2.75, 3.05) is 18.5 Å². The zero-order valence-electron chi connectivity index (χ0n) is 21.2. The molecule has 0 radical (unpaired) electrons. The van der Waals surface area contributed by atoms with Gasteiger partial charge in [0.25, 0.3) is 0 Å². The highest BCUT2D eigenvalue weighted by molar-refractivity contribution is 7.13. The van der Waals surface area contributed by atoms with Gasteiger partial charge in [-0.15, -0.1) is 11.3 Å². The number of carbonyl (C=O) groups is 2. The summed E-state index contributed by atoms with van der Waals surface area (Å²) in [7, 11) is 0. The molecule has 1 aromatic carbocycles. The maximum atomic E-state index is 13.6. The van der Waals surface area contributed by atoms with Crippen LogP contribution in [0.1, 0.15) is 33.3 Å². The quantitative estimate of drug-likeness (QED) is 0.327. The summed E-state index contributed by atoms with van der Waals surface area (Å²) >= 11 is 1.40. The van der Waals surface area contributed by atoms with Gasteiger partial charge in [-0.1, -0.05) is 36.4 Å². The summed E-state index contributed by atoms with van der Waals surface area (Å²) in [5.74, 6) is -0.970. The Bertz CT molecular complexity index is 1300. The average Bonchev–Trinajstić information content (AvgIpc) is 3.31. The number of allylic oxidation sites excluding steroid dienone is 1. The number of esters is 2. The van der Waals surface area contributed by atoms with E-state index in [9.17, 15) is 14.0 Å². The fourth-order valence-corrected chi connectivity index (χ4v) is 5.36. The molecule has 37 heavy (non-hydrogen) atoms. The van der Waals surface area contributed by atoms with Crippen LogP contribution in [0.15, 0.2) is 71.4 Å². The highest BCUT2D eigenvalue weighted by Crippen LogP contribution is 2.43. The zero-order chi connectivity index (χ0) is 26.6. The van der Waals surface area contributed by atoms with Gasteiger partial charge in [0.05, 0.1) is 24.8 Å². The second-order valence-corrected chi connectivity index (χ2v) is 9.58. The molecule has 0 fully saturated rings. The summed E-state index contributed by atoms with van der Waals surface area (Å²) in [5, 5.41) is 9.12. The van der Waals surface area contributed by atoms with E-state index in [-0.39, 0.29) is 25.1 Å². The first-order valence-corrected chi connectivity index (χ1v) is 13.1. The summed E-state index contributed by atoms with van der Waals surface area (Å²) in [5.41, 5.74) is 2.42. The summed E-state index contributed by atoms with van der Waals surface area (Å²) in [6, 6.07) is 13.4. The van der Waals surface area contributed by atoms with Gasteiger partial charge in [0.1, 0.15) is 11.2 Å². The number of aromatic nitrogens is 1. The van der Waals surface area contributed by atoms with E-state index in [0.717, 1.165) is 16.7 Å². The lowest BCUT2D eigenvalue weighted by Crippen LogP contribution is -2.66. The molecule has 5 rings (SSSR count). The monoisotopic (exact) mass is 523 g/mol. The van der Waals surface area contributed by atoms with Crippen LogP contribution in [0.5, 0.6) is 0 Å². The standard InChI is InChI=1S/C22H27N3O4S.C6H3F/c1-5-28-19(26)17-14(3)24-15(4)22(20(27)29-6-2,16-10-8-7-9-11-16)18(17)25-21-23-12-13-30-21;7-6-2-1-4-3-5(4)6/h7-13,15,18,24H,5-6H2,1-4H3,(H,23,25);1-3H. The van der Waals surface area contributed by atoms with E-state index in [2.05, 4.69) is 15.6 Å². The van der Waals surface area contributed by atoms with Gasteiger partial charge in [0.2, 0.25) is 0 Å². The lowest BCUT2D eigenvalue weighted by atomic mass is 9.64. The van der Waals surface area contributed by atoms with Gasteiger partial charge in [-0.3, -0.25) is 4.79 Å². The van der Waals surface area contributed by atoms with Crippen molar-refractivity contribution in [1.29, 1.82) is 0 Å². The molecule has 0 amide bonds. The summed E-state index contributed by atoms with van der Waals surface area (Å²) in [6.45, 7) is 7.72. The predicted octanol–water partition coefficient (Wildman–Crippen LogP) is 5.06. The third-order valence-electron chi connectivity index (χ3n) is 6.52. The smallest absolute Gasteiger partial charge is 0.337 e. The number of benzene rings is 2. The van der Waals surface area contributed by atoms with Crippen LogP contribution in [0.4, 0.5) is 9.52 Å². The minimum atomic E-state index is -1.22. The van der Waals surface area contributed by atoms with Crippen molar-refractivity contribution in [3.63, 3.8) is 0 Å². The van der Waals surface area contributed by atoms with Crippen LogP contribution in [0.3, 0.4) is 0 Å². The largest absolute Gasteiger partial charge is 0.465 e. The van der Waals surface area contributed by atoms with Crippen LogP contribution in [0.2, 0.25) is 0 Å². The van der Waals surface area contributed by atoms with Crippen LogP contribution in [-0.2, 0) is 24.5 Å². The Labute approximate surface area is 219 Å². The van der Waals surface area contributed by atoms with Crippen molar-refractivity contribution >= 4 is 28.4 Å². The minimum Gasteiger partial charge on any atom is -0.465 e. The molecule has 1 aliphatic heterocycles. The van der Waals surface area contributed by atoms with Crippen molar-refractivity contribution in [1.82, 2.24) is 10.3 Å². The molecule has 194 valence electrons. The lowest BCUT2D eigenvalue weighted by molar-refractivity contribution is -0.152. The molecule has 3 aliphatic rings. The number of rotatable bonds is 7. The molecular formula is C28H30FN3O4S. The van der Waals surface area contributed by atoms with Gasteiger partial charge in [-0.25, -0.2) is 14.2 Å². The number of fused-ring (bicyclic) bond motifs is 1. The Balaban J connectivity index is 0.000000387. The van der Waals surface area contributed by atoms with E-state index in [4.69, 9.17) is 9.47 Å². The molecule has 0 spiro atoms. The Hall–Kier alpha value is -3.72. The Morgan fingerprint density at radius 2 is 1.86 bits per heavy atom. The number of thiazole rings is 1. The molecular weight excluding hydrogens is 493 g/mol. The van der Waals surface area contributed by atoms with E-state index in [0.29, 0.717) is 16.4 Å². The number of nitrogens with zero attached hydrogens (tertiary/aromatic N) is 1. The van der Waals surface area contributed by atoms with E-state index in [1.54, 1.807) is 26.1 Å². The van der Waals surface area contributed by atoms with E-state index >= 15 is 0 Å². The number of anilines is 1. The number of halogens is 1. The second kappa shape index (κ2) is 11.1. The zero-order valence-corrected chi connectivity index (χ0v) is 22.0. The van der Waals surface area contributed by atoms with Gasteiger partial charge >= 0.3 is 11.9 Å². The van der Waals surface area contributed by atoms with Crippen molar-refractivity contribution < 1.29 is 23.5 Å². The minimum absolute atomic E-state index is 0.0741. The van der Waals surface area contributed by atoms with Crippen LogP contribution >= 0.6 is 11.3 Å².